The zero-order chi connectivity index (χ0) is 11.5. The zero-order valence-corrected chi connectivity index (χ0v) is 9.24. The molecule has 1 aliphatic heterocycles. The van der Waals surface area contributed by atoms with Crippen molar-refractivity contribution in [3.63, 3.8) is 0 Å². The van der Waals surface area contributed by atoms with Crippen molar-refractivity contribution in [3.8, 4) is 0 Å². The topological polar surface area (TPSA) is 23.6 Å². The van der Waals surface area contributed by atoms with Gasteiger partial charge in [-0.3, -0.25) is 4.79 Å². The number of likely N-dealkylation sites (N-methyl/N-ethyl adjacent to an activating group) is 1. The van der Waals surface area contributed by atoms with Crippen molar-refractivity contribution in [2.24, 2.45) is 0 Å². The smallest absolute Gasteiger partial charge is 0.254 e. The first-order chi connectivity index (χ1) is 7.66. The quantitative estimate of drug-likeness (QED) is 0.706. The van der Waals surface area contributed by atoms with E-state index in [9.17, 15) is 9.18 Å². The van der Waals surface area contributed by atoms with Crippen molar-refractivity contribution in [1.29, 1.82) is 0 Å². The summed E-state index contributed by atoms with van der Waals surface area (Å²) in [5, 5.41) is 0. The maximum Gasteiger partial charge on any atom is 0.254 e. The van der Waals surface area contributed by atoms with Crippen LogP contribution in [0.3, 0.4) is 0 Å². The maximum atomic E-state index is 13.0. The minimum atomic E-state index is -0.392. The lowest BCUT2D eigenvalue weighted by Crippen LogP contribution is -2.47. The van der Waals surface area contributed by atoms with Gasteiger partial charge < -0.3 is 9.80 Å². The molecule has 1 amide bonds. The predicted molar refractivity (Wildman–Crippen MR) is 58.6 cm³/mol. The van der Waals surface area contributed by atoms with Crippen LogP contribution < -0.4 is 0 Å². The van der Waals surface area contributed by atoms with Crippen molar-refractivity contribution in [3.05, 3.63) is 35.6 Å². The summed E-state index contributed by atoms with van der Waals surface area (Å²) < 4.78 is 13.0. The molecule has 0 bridgehead atoms. The Morgan fingerprint density at radius 2 is 2.06 bits per heavy atom. The Bertz CT molecular complexity index is 386. The molecule has 4 heteroatoms. The van der Waals surface area contributed by atoms with E-state index in [1.165, 1.54) is 18.2 Å². The van der Waals surface area contributed by atoms with Crippen molar-refractivity contribution in [2.75, 3.05) is 33.2 Å². The van der Waals surface area contributed by atoms with Gasteiger partial charge >= 0.3 is 0 Å². The molecule has 1 aliphatic rings. The van der Waals surface area contributed by atoms with Gasteiger partial charge in [0.1, 0.15) is 5.82 Å². The fourth-order valence-electron chi connectivity index (χ4n) is 1.74. The third-order valence-corrected chi connectivity index (χ3v) is 2.78. The number of halogens is 1. The van der Waals surface area contributed by atoms with E-state index >= 15 is 0 Å². The molecule has 0 saturated carbocycles. The van der Waals surface area contributed by atoms with Crippen LogP contribution in [0.5, 0.6) is 0 Å². The average Bonchev–Trinajstić information content (AvgIpc) is 2.29. The minimum Gasteiger partial charge on any atom is -0.336 e. The van der Waals surface area contributed by atoms with Crippen LogP contribution in [0.25, 0.3) is 0 Å². The molecule has 0 unspecified atom stereocenters. The van der Waals surface area contributed by atoms with Gasteiger partial charge in [0.2, 0.25) is 0 Å². The summed E-state index contributed by atoms with van der Waals surface area (Å²) in [6, 6.07) is 6.74. The number of nitrogens with zero attached hydrogens (tertiary/aromatic N) is 2. The number of rotatable bonds is 1. The number of benzene rings is 1. The van der Waals surface area contributed by atoms with Crippen LogP contribution in [0.1, 0.15) is 10.4 Å². The molecule has 0 atom stereocenters. The molecule has 1 heterocycles. The normalized spacial score (nSPS) is 17.5. The monoisotopic (exact) mass is 221 g/mol. The van der Waals surface area contributed by atoms with Crippen LogP contribution in [0, 0.1) is 11.9 Å². The van der Waals surface area contributed by atoms with Gasteiger partial charge in [-0.1, -0.05) is 6.07 Å². The van der Waals surface area contributed by atoms with E-state index in [0.29, 0.717) is 18.7 Å². The molecule has 0 aliphatic carbocycles. The average molecular weight is 221 g/mol. The van der Waals surface area contributed by atoms with Gasteiger partial charge in [-0.15, -0.1) is 0 Å². The van der Waals surface area contributed by atoms with E-state index < -0.39 is 5.82 Å². The minimum absolute atomic E-state index is 0.132. The summed E-state index contributed by atoms with van der Waals surface area (Å²) in [6.45, 7) is 3.11. The summed E-state index contributed by atoms with van der Waals surface area (Å²) in [5.74, 6) is -0.524. The molecule has 1 saturated heterocycles. The molecular formula is C12H14FN2O. The van der Waals surface area contributed by atoms with E-state index in [-0.39, 0.29) is 5.91 Å². The molecule has 0 spiro atoms. The van der Waals surface area contributed by atoms with Gasteiger partial charge in [0.15, 0.2) is 0 Å². The second-order valence-corrected chi connectivity index (χ2v) is 4.02. The lowest BCUT2D eigenvalue weighted by molar-refractivity contribution is 0.0663. The second kappa shape index (κ2) is 4.61. The highest BCUT2D eigenvalue weighted by atomic mass is 19.1. The van der Waals surface area contributed by atoms with E-state index in [0.717, 1.165) is 13.1 Å². The first kappa shape index (κ1) is 11.1. The van der Waals surface area contributed by atoms with Gasteiger partial charge in [0.25, 0.3) is 5.91 Å². The Labute approximate surface area is 94.5 Å². The lowest BCUT2D eigenvalue weighted by Gasteiger charge is -2.32. The van der Waals surface area contributed by atoms with E-state index in [1.54, 1.807) is 4.90 Å². The zero-order valence-electron chi connectivity index (χ0n) is 9.24. The number of amides is 1. The van der Waals surface area contributed by atoms with Crippen LogP contribution in [0.2, 0.25) is 0 Å². The second-order valence-electron chi connectivity index (χ2n) is 4.02. The van der Waals surface area contributed by atoms with Crippen LogP contribution in [0.4, 0.5) is 4.39 Å². The molecule has 1 aromatic rings. The molecular weight excluding hydrogens is 207 g/mol. The van der Waals surface area contributed by atoms with Gasteiger partial charge in [-0.05, 0) is 25.2 Å². The molecule has 1 radical (unpaired) electrons. The fraction of sp³-hybridized carbons (Fsp3) is 0.417. The van der Waals surface area contributed by atoms with E-state index in [1.807, 2.05) is 7.05 Å². The highest BCUT2D eigenvalue weighted by molar-refractivity contribution is 5.94. The Balaban J connectivity index is 2.08. The van der Waals surface area contributed by atoms with Gasteiger partial charge in [-0.25, -0.2) is 4.39 Å². The summed E-state index contributed by atoms with van der Waals surface area (Å²) in [5.41, 5.74) is 0.310. The van der Waals surface area contributed by atoms with E-state index in [4.69, 9.17) is 0 Å². The van der Waals surface area contributed by atoms with Gasteiger partial charge in [0, 0.05) is 26.2 Å². The first-order valence-electron chi connectivity index (χ1n) is 5.32. The number of hydrogen-bond acceptors (Lipinski definition) is 2. The molecule has 0 aromatic heterocycles. The Kier molecular flexibility index (Phi) is 3.19. The van der Waals surface area contributed by atoms with Crippen LogP contribution >= 0.6 is 0 Å². The summed E-state index contributed by atoms with van der Waals surface area (Å²) in [4.78, 5) is 15.9. The predicted octanol–water partition coefficient (Wildman–Crippen LogP) is 1.01. The van der Waals surface area contributed by atoms with E-state index in [2.05, 4.69) is 11.0 Å². The molecule has 16 heavy (non-hydrogen) atoms. The molecule has 2 rings (SSSR count). The largest absolute Gasteiger partial charge is 0.336 e. The SMILES string of the molecule is CN1CCN(C(=O)c2[c]ccc(F)c2)CC1. The molecule has 1 fully saturated rings. The van der Waals surface area contributed by atoms with Crippen LogP contribution in [0.15, 0.2) is 18.2 Å². The van der Waals surface area contributed by atoms with Crippen molar-refractivity contribution >= 4 is 5.91 Å². The summed E-state index contributed by atoms with van der Waals surface area (Å²) in [7, 11) is 2.02. The molecule has 1 aromatic carbocycles. The lowest BCUT2D eigenvalue weighted by atomic mass is 10.2. The molecule has 85 valence electrons. The molecule has 0 N–H and O–H groups in total. The van der Waals surface area contributed by atoms with Gasteiger partial charge in [0.05, 0.1) is 5.56 Å². The third-order valence-electron chi connectivity index (χ3n) is 2.78. The van der Waals surface area contributed by atoms with Crippen molar-refractivity contribution < 1.29 is 9.18 Å². The number of hydrogen-bond donors (Lipinski definition) is 0. The number of carbonyl (C=O) groups is 1. The van der Waals surface area contributed by atoms with Crippen molar-refractivity contribution in [2.45, 2.75) is 0 Å². The number of carbonyl (C=O) groups excluding carboxylic acids is 1. The highest BCUT2D eigenvalue weighted by Gasteiger charge is 2.20. The Morgan fingerprint density at radius 3 is 2.69 bits per heavy atom. The first-order valence-corrected chi connectivity index (χ1v) is 5.32. The number of piperazine rings is 1. The maximum absolute atomic E-state index is 13.0. The summed E-state index contributed by atoms with van der Waals surface area (Å²) >= 11 is 0. The third kappa shape index (κ3) is 2.39. The van der Waals surface area contributed by atoms with Crippen molar-refractivity contribution in [1.82, 2.24) is 9.80 Å². The standard InChI is InChI=1S/C12H14FN2O/c1-14-5-7-15(8-6-14)12(16)10-3-2-4-11(13)9-10/h2,4,9H,5-8H2,1H3. The van der Waals surface area contributed by atoms with Crippen LogP contribution in [-0.2, 0) is 0 Å². The Hall–Kier alpha value is -1.42. The summed E-state index contributed by atoms with van der Waals surface area (Å²) in [6.07, 6.45) is 0. The highest BCUT2D eigenvalue weighted by Crippen LogP contribution is 2.09. The fourth-order valence-corrected chi connectivity index (χ4v) is 1.74. The Morgan fingerprint density at radius 1 is 1.38 bits per heavy atom. The van der Waals surface area contributed by atoms with Gasteiger partial charge in [-0.2, -0.15) is 0 Å². The van der Waals surface area contributed by atoms with Crippen LogP contribution in [-0.4, -0.2) is 48.9 Å². The molecule has 3 nitrogen and oxygen atoms in total.